The lowest BCUT2D eigenvalue weighted by atomic mass is 10.2. The third-order valence-corrected chi connectivity index (χ3v) is 4.45. The highest BCUT2D eigenvalue weighted by atomic mass is 79.9. The van der Waals surface area contributed by atoms with E-state index in [9.17, 15) is 5.11 Å². The molecule has 0 radical (unpaired) electrons. The van der Waals surface area contributed by atoms with E-state index in [2.05, 4.69) is 47.8 Å². The van der Waals surface area contributed by atoms with Crippen molar-refractivity contribution in [2.45, 2.75) is 6.92 Å². The van der Waals surface area contributed by atoms with Gasteiger partial charge in [-0.3, -0.25) is 0 Å². The number of phenols is 1. The molecule has 94 valence electrons. The Morgan fingerprint density at radius 2 is 1.72 bits per heavy atom. The van der Waals surface area contributed by atoms with Crippen molar-refractivity contribution in [2.24, 2.45) is 0 Å². The summed E-state index contributed by atoms with van der Waals surface area (Å²) in [6, 6.07) is 8.89. The van der Waals surface area contributed by atoms with E-state index in [0.29, 0.717) is 11.5 Å². The molecule has 0 unspecified atom stereocenters. The lowest BCUT2D eigenvalue weighted by Gasteiger charge is -2.11. The molecule has 0 heterocycles. The molecule has 2 rings (SSSR count). The van der Waals surface area contributed by atoms with Crippen molar-refractivity contribution < 1.29 is 9.84 Å². The third kappa shape index (κ3) is 3.08. The van der Waals surface area contributed by atoms with Gasteiger partial charge in [0.15, 0.2) is 0 Å². The average molecular weight is 437 g/mol. The van der Waals surface area contributed by atoms with E-state index in [1.54, 1.807) is 12.1 Å². The zero-order valence-corrected chi connectivity index (χ0v) is 14.1. The summed E-state index contributed by atoms with van der Waals surface area (Å²) in [4.78, 5) is 0. The van der Waals surface area contributed by atoms with Crippen LogP contribution in [0.5, 0.6) is 17.2 Å². The molecule has 2 aromatic rings. The van der Waals surface area contributed by atoms with Crippen LogP contribution in [0.4, 0.5) is 0 Å². The number of halogens is 3. The molecule has 5 heteroatoms. The Bertz CT molecular complexity index is 597. The van der Waals surface area contributed by atoms with E-state index in [-0.39, 0.29) is 5.75 Å². The van der Waals surface area contributed by atoms with Gasteiger partial charge in [0.2, 0.25) is 0 Å². The maximum absolute atomic E-state index is 9.59. The largest absolute Gasteiger partial charge is 0.508 e. The first-order valence-electron chi connectivity index (χ1n) is 5.09. The zero-order valence-electron chi connectivity index (χ0n) is 9.38. The summed E-state index contributed by atoms with van der Waals surface area (Å²) in [6.45, 7) is 1.90. The van der Waals surface area contributed by atoms with Crippen LogP contribution in [0.15, 0.2) is 43.7 Å². The molecule has 18 heavy (non-hydrogen) atoms. The predicted molar refractivity (Wildman–Crippen MR) is 82.5 cm³/mol. The number of benzene rings is 2. The van der Waals surface area contributed by atoms with Crippen LogP contribution in [-0.4, -0.2) is 5.11 Å². The SMILES string of the molecule is Cc1cc(O)cc(Oc2ccc(Br)cc2Br)c1Br. The fourth-order valence-electron chi connectivity index (χ4n) is 1.47. The quantitative estimate of drug-likeness (QED) is 0.646. The summed E-state index contributed by atoms with van der Waals surface area (Å²) in [7, 11) is 0. The summed E-state index contributed by atoms with van der Waals surface area (Å²) in [6.07, 6.45) is 0. The summed E-state index contributed by atoms with van der Waals surface area (Å²) in [5.74, 6) is 1.44. The molecule has 0 saturated carbocycles. The summed E-state index contributed by atoms with van der Waals surface area (Å²) < 4.78 is 8.41. The second-order valence-corrected chi connectivity index (χ2v) is 6.31. The van der Waals surface area contributed by atoms with Crippen LogP contribution >= 0.6 is 47.8 Å². The van der Waals surface area contributed by atoms with Crippen molar-refractivity contribution in [3.8, 4) is 17.2 Å². The smallest absolute Gasteiger partial charge is 0.145 e. The molecule has 2 nitrogen and oxygen atoms in total. The van der Waals surface area contributed by atoms with Gasteiger partial charge in [0.05, 0.1) is 8.95 Å². The molecule has 0 aromatic heterocycles. The van der Waals surface area contributed by atoms with Gasteiger partial charge in [-0.05, 0) is 68.6 Å². The van der Waals surface area contributed by atoms with E-state index in [0.717, 1.165) is 19.0 Å². The molecule has 0 spiro atoms. The van der Waals surface area contributed by atoms with Crippen molar-refractivity contribution in [3.63, 3.8) is 0 Å². The normalized spacial score (nSPS) is 10.4. The third-order valence-electron chi connectivity index (χ3n) is 2.32. The number of aryl methyl sites for hydroxylation is 1. The molecule has 1 N–H and O–H groups in total. The van der Waals surface area contributed by atoms with E-state index < -0.39 is 0 Å². The molecule has 2 aromatic carbocycles. The van der Waals surface area contributed by atoms with E-state index in [1.807, 2.05) is 25.1 Å². The lowest BCUT2D eigenvalue weighted by molar-refractivity contribution is 0.451. The summed E-state index contributed by atoms with van der Waals surface area (Å²) >= 11 is 10.3. The first-order valence-corrected chi connectivity index (χ1v) is 7.47. The van der Waals surface area contributed by atoms with Crippen molar-refractivity contribution in [2.75, 3.05) is 0 Å². The first kappa shape index (κ1) is 13.9. The van der Waals surface area contributed by atoms with Crippen LogP contribution in [0.25, 0.3) is 0 Å². The van der Waals surface area contributed by atoms with Crippen LogP contribution in [0.2, 0.25) is 0 Å². The fraction of sp³-hybridized carbons (Fsp3) is 0.0769. The standard InChI is InChI=1S/C13H9Br3O2/c1-7-4-9(17)6-12(13(7)16)18-11-3-2-8(14)5-10(11)15/h2-6,17H,1H3. The minimum absolute atomic E-state index is 0.180. The second kappa shape index (κ2) is 5.63. The second-order valence-electron chi connectivity index (χ2n) is 3.75. The molecule has 0 fully saturated rings. The number of aromatic hydroxyl groups is 1. The van der Waals surface area contributed by atoms with E-state index >= 15 is 0 Å². The van der Waals surface area contributed by atoms with Crippen LogP contribution < -0.4 is 4.74 Å². The van der Waals surface area contributed by atoms with Crippen molar-refractivity contribution in [3.05, 3.63) is 49.3 Å². The number of ether oxygens (including phenoxy) is 1. The molecule has 0 atom stereocenters. The molecular weight excluding hydrogens is 428 g/mol. The maximum Gasteiger partial charge on any atom is 0.145 e. The Labute approximate surface area is 130 Å². The molecule has 0 amide bonds. The number of rotatable bonds is 2. The Balaban J connectivity index is 2.40. The molecule has 0 aliphatic heterocycles. The minimum atomic E-state index is 0.180. The topological polar surface area (TPSA) is 29.5 Å². The van der Waals surface area contributed by atoms with Crippen molar-refractivity contribution in [1.29, 1.82) is 0 Å². The molecular formula is C13H9Br3O2. The summed E-state index contributed by atoms with van der Waals surface area (Å²) in [5.41, 5.74) is 0.915. The lowest BCUT2D eigenvalue weighted by Crippen LogP contribution is -1.89. The van der Waals surface area contributed by atoms with Gasteiger partial charge >= 0.3 is 0 Å². The molecule has 0 aliphatic carbocycles. The highest BCUT2D eigenvalue weighted by Gasteiger charge is 2.10. The number of phenolic OH excluding ortho intramolecular Hbond substituents is 1. The van der Waals surface area contributed by atoms with Gasteiger partial charge in [-0.1, -0.05) is 15.9 Å². The van der Waals surface area contributed by atoms with Crippen molar-refractivity contribution in [1.82, 2.24) is 0 Å². The average Bonchev–Trinajstić information content (AvgIpc) is 2.29. The molecule has 0 aliphatic rings. The highest BCUT2D eigenvalue weighted by molar-refractivity contribution is 9.11. The van der Waals surface area contributed by atoms with Gasteiger partial charge in [0.1, 0.15) is 17.2 Å². The highest BCUT2D eigenvalue weighted by Crippen LogP contribution is 2.38. The molecule has 0 bridgehead atoms. The van der Waals surface area contributed by atoms with Gasteiger partial charge in [0, 0.05) is 10.5 Å². The van der Waals surface area contributed by atoms with Gasteiger partial charge in [-0.15, -0.1) is 0 Å². The Morgan fingerprint density at radius 1 is 1.00 bits per heavy atom. The van der Waals surface area contributed by atoms with Gasteiger partial charge in [0.25, 0.3) is 0 Å². The van der Waals surface area contributed by atoms with Crippen molar-refractivity contribution >= 4 is 47.8 Å². The summed E-state index contributed by atoms with van der Waals surface area (Å²) in [5, 5.41) is 9.59. The van der Waals surface area contributed by atoms with Gasteiger partial charge in [-0.25, -0.2) is 0 Å². The maximum atomic E-state index is 9.59. The van der Waals surface area contributed by atoms with Gasteiger partial charge < -0.3 is 9.84 Å². The van der Waals surface area contributed by atoms with Crippen LogP contribution in [-0.2, 0) is 0 Å². The van der Waals surface area contributed by atoms with Crippen LogP contribution in [0.3, 0.4) is 0 Å². The monoisotopic (exact) mass is 434 g/mol. The Hall–Kier alpha value is -0.520. The number of hydrogen-bond donors (Lipinski definition) is 1. The Kier molecular flexibility index (Phi) is 4.35. The van der Waals surface area contributed by atoms with E-state index in [4.69, 9.17) is 4.74 Å². The fourth-order valence-corrected chi connectivity index (χ4v) is 2.91. The van der Waals surface area contributed by atoms with Crippen LogP contribution in [0, 0.1) is 6.92 Å². The minimum Gasteiger partial charge on any atom is -0.508 e. The molecule has 0 saturated heterocycles. The first-order chi connectivity index (χ1) is 8.47. The number of hydrogen-bond acceptors (Lipinski definition) is 2. The zero-order chi connectivity index (χ0) is 13.3. The van der Waals surface area contributed by atoms with E-state index in [1.165, 1.54) is 0 Å². The van der Waals surface area contributed by atoms with Crippen LogP contribution in [0.1, 0.15) is 5.56 Å². The Morgan fingerprint density at radius 3 is 2.39 bits per heavy atom. The van der Waals surface area contributed by atoms with Gasteiger partial charge in [-0.2, -0.15) is 0 Å². The predicted octanol–water partition coefficient (Wildman–Crippen LogP) is 5.78.